The minimum Gasteiger partial charge on any atom is -0.330 e. The molecule has 0 heterocycles. The van der Waals surface area contributed by atoms with Crippen LogP contribution in [0.4, 0.5) is 0 Å². The summed E-state index contributed by atoms with van der Waals surface area (Å²) in [6.07, 6.45) is 1.07. The molecule has 0 aromatic carbocycles. The average Bonchev–Trinajstić information content (AvgIpc) is 1.98. The number of hydrogen-bond acceptors (Lipinski definition) is 2. The molecule has 0 saturated carbocycles. The summed E-state index contributed by atoms with van der Waals surface area (Å²) >= 11 is 5.58. The van der Waals surface area contributed by atoms with Crippen molar-refractivity contribution in [2.45, 2.75) is 13.3 Å². The van der Waals surface area contributed by atoms with Crippen LogP contribution in [0, 0.1) is 0 Å². The SMILES string of the molecule is CCN(CCCl)CCCN. The highest BCUT2D eigenvalue weighted by Crippen LogP contribution is 1.90. The Balaban J connectivity index is 3.21. The Morgan fingerprint density at radius 1 is 1.40 bits per heavy atom. The molecule has 0 fully saturated rings. The third-order valence-electron chi connectivity index (χ3n) is 1.53. The van der Waals surface area contributed by atoms with Gasteiger partial charge in [0.1, 0.15) is 0 Å². The highest BCUT2D eigenvalue weighted by Gasteiger charge is 1.98. The molecule has 0 aliphatic carbocycles. The lowest BCUT2D eigenvalue weighted by molar-refractivity contribution is 0.303. The van der Waals surface area contributed by atoms with E-state index in [1.807, 2.05) is 0 Å². The summed E-state index contributed by atoms with van der Waals surface area (Å²) in [7, 11) is 0. The lowest BCUT2D eigenvalue weighted by Gasteiger charge is -2.17. The van der Waals surface area contributed by atoms with Crippen molar-refractivity contribution >= 4 is 11.6 Å². The molecule has 0 rings (SSSR count). The summed E-state index contributed by atoms with van der Waals surface area (Å²) in [5.41, 5.74) is 5.37. The summed E-state index contributed by atoms with van der Waals surface area (Å²) in [5.74, 6) is 0.721. The molecular formula is C7H17ClN2. The van der Waals surface area contributed by atoms with E-state index < -0.39 is 0 Å². The Hall–Kier alpha value is 0.210. The standard InChI is InChI=1S/C7H17ClN2/c1-2-10(7-4-8)6-3-5-9/h2-7,9H2,1H3. The van der Waals surface area contributed by atoms with Crippen LogP contribution >= 0.6 is 11.6 Å². The van der Waals surface area contributed by atoms with E-state index in [1.165, 1.54) is 0 Å². The Bertz CT molecular complexity index is 68.6. The molecule has 2 nitrogen and oxygen atoms in total. The van der Waals surface area contributed by atoms with E-state index >= 15 is 0 Å². The van der Waals surface area contributed by atoms with Gasteiger partial charge in [0, 0.05) is 12.4 Å². The predicted octanol–water partition coefficient (Wildman–Crippen LogP) is 0.896. The molecule has 10 heavy (non-hydrogen) atoms. The van der Waals surface area contributed by atoms with Gasteiger partial charge in [0.2, 0.25) is 0 Å². The van der Waals surface area contributed by atoms with Crippen LogP contribution in [0.1, 0.15) is 13.3 Å². The van der Waals surface area contributed by atoms with E-state index in [0.717, 1.165) is 38.5 Å². The summed E-state index contributed by atoms with van der Waals surface area (Å²) in [6, 6.07) is 0. The first kappa shape index (κ1) is 10.2. The number of nitrogens with two attached hydrogens (primary N) is 1. The molecule has 0 spiro atoms. The van der Waals surface area contributed by atoms with Crippen molar-refractivity contribution in [2.24, 2.45) is 5.73 Å². The van der Waals surface area contributed by atoms with Crippen LogP contribution in [0.5, 0.6) is 0 Å². The van der Waals surface area contributed by atoms with Gasteiger partial charge in [-0.15, -0.1) is 11.6 Å². The largest absolute Gasteiger partial charge is 0.330 e. The van der Waals surface area contributed by atoms with E-state index in [-0.39, 0.29) is 0 Å². The van der Waals surface area contributed by atoms with Crippen molar-refractivity contribution in [2.75, 3.05) is 32.1 Å². The van der Waals surface area contributed by atoms with Gasteiger partial charge in [-0.05, 0) is 26.1 Å². The van der Waals surface area contributed by atoms with Crippen LogP contribution in [0.25, 0.3) is 0 Å². The first-order chi connectivity index (χ1) is 4.85. The first-order valence-electron chi connectivity index (χ1n) is 3.83. The topological polar surface area (TPSA) is 29.3 Å². The third-order valence-corrected chi connectivity index (χ3v) is 1.70. The van der Waals surface area contributed by atoms with E-state index in [1.54, 1.807) is 0 Å². The second-order valence-corrected chi connectivity index (χ2v) is 2.64. The van der Waals surface area contributed by atoms with Crippen molar-refractivity contribution in [3.05, 3.63) is 0 Å². The zero-order valence-electron chi connectivity index (χ0n) is 6.65. The fourth-order valence-electron chi connectivity index (χ4n) is 0.862. The third kappa shape index (κ3) is 5.03. The van der Waals surface area contributed by atoms with Crippen LogP contribution in [0.15, 0.2) is 0 Å². The van der Waals surface area contributed by atoms with E-state index in [0.29, 0.717) is 0 Å². The van der Waals surface area contributed by atoms with Gasteiger partial charge < -0.3 is 10.6 Å². The fraction of sp³-hybridized carbons (Fsp3) is 1.00. The van der Waals surface area contributed by atoms with Gasteiger partial charge in [0.25, 0.3) is 0 Å². The van der Waals surface area contributed by atoms with Gasteiger partial charge in [0.05, 0.1) is 0 Å². The number of alkyl halides is 1. The minimum atomic E-state index is 0.721. The van der Waals surface area contributed by atoms with Gasteiger partial charge in [-0.3, -0.25) is 0 Å². The molecule has 0 aliphatic rings. The molecular weight excluding hydrogens is 148 g/mol. The maximum absolute atomic E-state index is 5.58. The van der Waals surface area contributed by atoms with Crippen LogP contribution in [-0.2, 0) is 0 Å². The van der Waals surface area contributed by atoms with E-state index in [2.05, 4.69) is 11.8 Å². The average molecular weight is 165 g/mol. The van der Waals surface area contributed by atoms with Crippen molar-refractivity contribution in [1.82, 2.24) is 4.90 Å². The maximum Gasteiger partial charge on any atom is 0.0351 e. The monoisotopic (exact) mass is 164 g/mol. The molecule has 0 aromatic heterocycles. The van der Waals surface area contributed by atoms with Crippen molar-refractivity contribution in [3.8, 4) is 0 Å². The Kier molecular flexibility index (Phi) is 7.47. The van der Waals surface area contributed by atoms with Crippen LogP contribution < -0.4 is 5.73 Å². The quantitative estimate of drug-likeness (QED) is 0.591. The Labute approximate surface area is 68.3 Å². The summed E-state index contributed by atoms with van der Waals surface area (Å²) in [5, 5.41) is 0. The maximum atomic E-state index is 5.58. The zero-order chi connectivity index (χ0) is 7.82. The molecule has 0 aromatic rings. The zero-order valence-corrected chi connectivity index (χ0v) is 7.40. The first-order valence-corrected chi connectivity index (χ1v) is 4.37. The molecule has 2 N–H and O–H groups in total. The summed E-state index contributed by atoms with van der Waals surface area (Å²) in [6.45, 7) is 6.06. The van der Waals surface area contributed by atoms with Crippen molar-refractivity contribution in [3.63, 3.8) is 0 Å². The van der Waals surface area contributed by atoms with Crippen molar-refractivity contribution in [1.29, 1.82) is 0 Å². The number of nitrogens with zero attached hydrogens (tertiary/aromatic N) is 1. The molecule has 0 radical (unpaired) electrons. The van der Waals surface area contributed by atoms with Crippen LogP contribution in [0.2, 0.25) is 0 Å². The molecule has 0 bridgehead atoms. The number of halogens is 1. The molecule has 62 valence electrons. The summed E-state index contributed by atoms with van der Waals surface area (Å²) in [4.78, 5) is 2.31. The van der Waals surface area contributed by atoms with E-state index in [4.69, 9.17) is 17.3 Å². The molecule has 0 atom stereocenters. The molecule has 0 saturated heterocycles. The van der Waals surface area contributed by atoms with E-state index in [9.17, 15) is 0 Å². The molecule has 3 heteroatoms. The highest BCUT2D eigenvalue weighted by atomic mass is 35.5. The molecule has 0 aliphatic heterocycles. The lowest BCUT2D eigenvalue weighted by Crippen LogP contribution is -2.27. The minimum absolute atomic E-state index is 0.721. The predicted molar refractivity (Wildman–Crippen MR) is 46.5 cm³/mol. The lowest BCUT2D eigenvalue weighted by atomic mass is 10.4. The summed E-state index contributed by atoms with van der Waals surface area (Å²) < 4.78 is 0. The molecule has 0 unspecified atom stereocenters. The highest BCUT2D eigenvalue weighted by molar-refractivity contribution is 6.18. The van der Waals surface area contributed by atoms with Crippen molar-refractivity contribution < 1.29 is 0 Å². The van der Waals surface area contributed by atoms with Crippen LogP contribution in [0.3, 0.4) is 0 Å². The second-order valence-electron chi connectivity index (χ2n) is 2.27. The second kappa shape index (κ2) is 7.32. The normalized spacial score (nSPS) is 10.8. The molecule has 0 amide bonds. The smallest absolute Gasteiger partial charge is 0.0351 e. The number of rotatable bonds is 6. The van der Waals surface area contributed by atoms with Gasteiger partial charge in [-0.1, -0.05) is 6.92 Å². The van der Waals surface area contributed by atoms with Gasteiger partial charge in [-0.2, -0.15) is 0 Å². The Morgan fingerprint density at radius 2 is 2.10 bits per heavy atom. The van der Waals surface area contributed by atoms with Crippen LogP contribution in [-0.4, -0.2) is 37.0 Å². The Morgan fingerprint density at radius 3 is 2.50 bits per heavy atom. The van der Waals surface area contributed by atoms with Gasteiger partial charge in [-0.25, -0.2) is 0 Å². The van der Waals surface area contributed by atoms with Gasteiger partial charge in [0.15, 0.2) is 0 Å². The fourth-order valence-corrected chi connectivity index (χ4v) is 1.10. The number of hydrogen-bond donors (Lipinski definition) is 1. The van der Waals surface area contributed by atoms with Gasteiger partial charge >= 0.3 is 0 Å².